The van der Waals surface area contributed by atoms with Crippen molar-refractivity contribution in [3.05, 3.63) is 39.9 Å². The highest BCUT2D eigenvalue weighted by molar-refractivity contribution is 5.75. The van der Waals surface area contributed by atoms with Crippen LogP contribution < -0.4 is 0 Å². The zero-order valence-corrected chi connectivity index (χ0v) is 9.83. The highest BCUT2D eigenvalue weighted by Crippen LogP contribution is 2.21. The topological polar surface area (TPSA) is 93.2 Å². The molecule has 0 aliphatic heterocycles. The van der Waals surface area contributed by atoms with Crippen molar-refractivity contribution < 1.29 is 14.5 Å². The van der Waals surface area contributed by atoms with Crippen LogP contribution in [0.15, 0.2) is 24.3 Å². The van der Waals surface area contributed by atoms with E-state index in [-0.39, 0.29) is 18.7 Å². The maximum atomic E-state index is 11.4. The molecule has 0 amide bonds. The minimum atomic E-state index is -1.02. The van der Waals surface area contributed by atoms with Crippen molar-refractivity contribution in [1.82, 2.24) is 0 Å². The number of benzene rings is 1. The Morgan fingerprint density at radius 2 is 2.22 bits per heavy atom. The number of hydrogen-bond donors (Lipinski definition) is 0. The van der Waals surface area contributed by atoms with Gasteiger partial charge in [0.15, 0.2) is 0 Å². The van der Waals surface area contributed by atoms with Crippen molar-refractivity contribution in [2.24, 2.45) is 5.92 Å². The summed E-state index contributed by atoms with van der Waals surface area (Å²) in [5.41, 5.74) is 0.254. The number of para-hydroxylation sites is 1. The van der Waals surface area contributed by atoms with E-state index in [2.05, 4.69) is 0 Å². The molecule has 0 saturated carbocycles. The Morgan fingerprint density at radius 1 is 1.56 bits per heavy atom. The van der Waals surface area contributed by atoms with Crippen molar-refractivity contribution in [1.29, 1.82) is 5.26 Å². The molecule has 1 aromatic rings. The van der Waals surface area contributed by atoms with Crippen LogP contribution in [-0.4, -0.2) is 17.5 Å². The van der Waals surface area contributed by atoms with Crippen molar-refractivity contribution >= 4 is 11.7 Å². The number of rotatable bonds is 5. The summed E-state index contributed by atoms with van der Waals surface area (Å²) >= 11 is 0. The van der Waals surface area contributed by atoms with Gasteiger partial charge in [-0.1, -0.05) is 18.2 Å². The van der Waals surface area contributed by atoms with Crippen molar-refractivity contribution in [2.75, 3.05) is 6.61 Å². The van der Waals surface area contributed by atoms with Gasteiger partial charge in [-0.3, -0.25) is 14.9 Å². The molecule has 0 bridgehead atoms. The Hall–Kier alpha value is -2.42. The van der Waals surface area contributed by atoms with E-state index in [0.29, 0.717) is 5.56 Å². The first-order valence-corrected chi connectivity index (χ1v) is 5.38. The van der Waals surface area contributed by atoms with E-state index in [4.69, 9.17) is 10.00 Å². The fraction of sp³-hybridized carbons (Fsp3) is 0.333. The van der Waals surface area contributed by atoms with Crippen LogP contribution in [-0.2, 0) is 16.0 Å². The summed E-state index contributed by atoms with van der Waals surface area (Å²) in [6.45, 7) is 1.81. The maximum absolute atomic E-state index is 11.4. The molecule has 6 nitrogen and oxygen atoms in total. The van der Waals surface area contributed by atoms with Gasteiger partial charge in [-0.05, 0) is 6.92 Å². The number of nitriles is 1. The minimum absolute atomic E-state index is 0.0213. The molecule has 6 heteroatoms. The number of hydrogen-bond acceptors (Lipinski definition) is 5. The summed E-state index contributed by atoms with van der Waals surface area (Å²) in [5.74, 6) is -1.68. The Bertz CT molecular complexity index is 493. The highest BCUT2D eigenvalue weighted by Gasteiger charge is 2.23. The summed E-state index contributed by atoms with van der Waals surface area (Å²) in [4.78, 5) is 21.7. The molecule has 0 aromatic heterocycles. The van der Waals surface area contributed by atoms with Crippen molar-refractivity contribution in [3.63, 3.8) is 0 Å². The third-order valence-corrected chi connectivity index (χ3v) is 2.34. The van der Waals surface area contributed by atoms with Crippen LogP contribution >= 0.6 is 0 Å². The third-order valence-electron chi connectivity index (χ3n) is 2.34. The number of nitro groups is 1. The van der Waals surface area contributed by atoms with E-state index in [1.54, 1.807) is 19.1 Å². The molecule has 1 atom stereocenters. The van der Waals surface area contributed by atoms with Gasteiger partial charge in [0.1, 0.15) is 5.92 Å². The van der Waals surface area contributed by atoms with Gasteiger partial charge in [0.05, 0.1) is 17.6 Å². The van der Waals surface area contributed by atoms with Crippen LogP contribution in [0.25, 0.3) is 0 Å². The molecule has 1 rings (SSSR count). The smallest absolute Gasteiger partial charge is 0.323 e. The summed E-state index contributed by atoms with van der Waals surface area (Å²) in [6, 6.07) is 7.84. The summed E-state index contributed by atoms with van der Waals surface area (Å²) < 4.78 is 4.74. The molecule has 0 heterocycles. The predicted molar refractivity (Wildman–Crippen MR) is 62.5 cm³/mol. The lowest BCUT2D eigenvalue weighted by molar-refractivity contribution is -0.385. The Morgan fingerprint density at radius 3 is 2.78 bits per heavy atom. The average Bonchev–Trinajstić information content (AvgIpc) is 2.36. The van der Waals surface area contributed by atoms with Crippen LogP contribution in [0.3, 0.4) is 0 Å². The van der Waals surface area contributed by atoms with Crippen LogP contribution in [0.5, 0.6) is 0 Å². The van der Waals surface area contributed by atoms with E-state index in [9.17, 15) is 14.9 Å². The van der Waals surface area contributed by atoms with Gasteiger partial charge in [-0.15, -0.1) is 0 Å². The van der Waals surface area contributed by atoms with E-state index >= 15 is 0 Å². The van der Waals surface area contributed by atoms with Crippen molar-refractivity contribution in [2.45, 2.75) is 13.3 Å². The standard InChI is InChI=1S/C12H12N2O4/c1-2-18-12(15)10(8-13)7-9-5-3-4-6-11(9)14(16)17/h3-6,10H,2,7H2,1H3. The number of ether oxygens (including phenoxy) is 1. The molecule has 1 aromatic carbocycles. The first kappa shape index (κ1) is 13.6. The minimum Gasteiger partial charge on any atom is -0.465 e. The number of carbonyl (C=O) groups is 1. The lowest BCUT2D eigenvalue weighted by atomic mass is 9.99. The Labute approximate surface area is 104 Å². The molecule has 0 radical (unpaired) electrons. The molecular weight excluding hydrogens is 236 g/mol. The second-order valence-electron chi connectivity index (χ2n) is 3.52. The quantitative estimate of drug-likeness (QED) is 0.450. The van der Waals surface area contributed by atoms with Crippen molar-refractivity contribution in [3.8, 4) is 6.07 Å². The lowest BCUT2D eigenvalue weighted by Crippen LogP contribution is -2.18. The average molecular weight is 248 g/mol. The van der Waals surface area contributed by atoms with Crippen LogP contribution in [0, 0.1) is 27.4 Å². The maximum Gasteiger partial charge on any atom is 0.323 e. The number of esters is 1. The lowest BCUT2D eigenvalue weighted by Gasteiger charge is -2.08. The van der Waals surface area contributed by atoms with Crippen LogP contribution in [0.1, 0.15) is 12.5 Å². The Balaban J connectivity index is 2.93. The van der Waals surface area contributed by atoms with Crippen LogP contribution in [0.4, 0.5) is 5.69 Å². The first-order valence-electron chi connectivity index (χ1n) is 5.38. The SMILES string of the molecule is CCOC(=O)C(C#N)Cc1ccccc1[N+](=O)[O-]. The molecule has 18 heavy (non-hydrogen) atoms. The van der Waals surface area contributed by atoms with Crippen LogP contribution in [0.2, 0.25) is 0 Å². The second-order valence-corrected chi connectivity index (χ2v) is 3.52. The molecule has 0 fully saturated rings. The van der Waals surface area contributed by atoms with Gasteiger partial charge >= 0.3 is 5.97 Å². The summed E-state index contributed by atoms with van der Waals surface area (Å²) in [5, 5.41) is 19.7. The molecule has 0 N–H and O–H groups in total. The Kier molecular flexibility index (Phi) is 4.81. The summed E-state index contributed by atoms with van der Waals surface area (Å²) in [7, 11) is 0. The zero-order chi connectivity index (χ0) is 13.5. The molecule has 94 valence electrons. The van der Waals surface area contributed by atoms with E-state index < -0.39 is 16.8 Å². The van der Waals surface area contributed by atoms with Gasteiger partial charge in [0, 0.05) is 18.1 Å². The van der Waals surface area contributed by atoms with Gasteiger partial charge in [-0.25, -0.2) is 0 Å². The number of carbonyl (C=O) groups excluding carboxylic acids is 1. The molecule has 0 saturated heterocycles. The fourth-order valence-corrected chi connectivity index (χ4v) is 1.51. The first-order chi connectivity index (χ1) is 8.60. The molecule has 0 aliphatic carbocycles. The molecule has 0 aliphatic rings. The largest absolute Gasteiger partial charge is 0.465 e. The summed E-state index contributed by atoms with van der Waals surface area (Å²) in [6.07, 6.45) is -0.0213. The van der Waals surface area contributed by atoms with E-state index in [1.165, 1.54) is 18.2 Å². The van der Waals surface area contributed by atoms with Gasteiger partial charge in [0.2, 0.25) is 0 Å². The highest BCUT2D eigenvalue weighted by atomic mass is 16.6. The second kappa shape index (κ2) is 6.35. The molecular formula is C12H12N2O4. The number of nitrogens with zero attached hydrogens (tertiary/aromatic N) is 2. The normalized spacial score (nSPS) is 11.3. The zero-order valence-electron chi connectivity index (χ0n) is 9.83. The molecule has 1 unspecified atom stereocenters. The van der Waals surface area contributed by atoms with Gasteiger partial charge in [-0.2, -0.15) is 5.26 Å². The predicted octanol–water partition coefficient (Wildman–Crippen LogP) is 1.84. The van der Waals surface area contributed by atoms with Gasteiger partial charge < -0.3 is 4.74 Å². The number of nitro benzene ring substituents is 1. The fourth-order valence-electron chi connectivity index (χ4n) is 1.51. The molecule has 0 spiro atoms. The monoisotopic (exact) mass is 248 g/mol. The van der Waals surface area contributed by atoms with E-state index in [1.807, 2.05) is 0 Å². The van der Waals surface area contributed by atoms with Gasteiger partial charge in [0.25, 0.3) is 5.69 Å². The third kappa shape index (κ3) is 3.28. The van der Waals surface area contributed by atoms with E-state index in [0.717, 1.165) is 0 Å².